The summed E-state index contributed by atoms with van der Waals surface area (Å²) in [5.74, 6) is -0.793. The molecule has 1 aliphatic heterocycles. The van der Waals surface area contributed by atoms with Crippen molar-refractivity contribution >= 4 is 51.9 Å². The van der Waals surface area contributed by atoms with Crippen molar-refractivity contribution in [1.82, 2.24) is 10.4 Å². The summed E-state index contributed by atoms with van der Waals surface area (Å²) in [6.07, 6.45) is 1.70. The van der Waals surface area contributed by atoms with Crippen molar-refractivity contribution in [3.8, 4) is 0 Å². The van der Waals surface area contributed by atoms with Gasteiger partial charge in [0.25, 0.3) is 11.6 Å². The molecule has 2 aromatic rings. The van der Waals surface area contributed by atoms with E-state index in [2.05, 4.69) is 5.43 Å². The number of hydrogen-bond donors (Lipinski definition) is 1. The van der Waals surface area contributed by atoms with Gasteiger partial charge in [0.1, 0.15) is 0 Å². The molecule has 2 aromatic carbocycles. The van der Waals surface area contributed by atoms with Crippen LogP contribution < -0.4 is 5.43 Å². The highest BCUT2D eigenvalue weighted by molar-refractivity contribution is 8.26. The van der Waals surface area contributed by atoms with Crippen LogP contribution in [0.1, 0.15) is 11.1 Å². The Balaban J connectivity index is 1.69. The molecule has 0 atom stereocenters. The highest BCUT2D eigenvalue weighted by Crippen LogP contribution is 2.31. The quantitative estimate of drug-likeness (QED) is 0.360. The van der Waals surface area contributed by atoms with Crippen molar-refractivity contribution in [1.29, 1.82) is 0 Å². The lowest BCUT2D eigenvalue weighted by Crippen LogP contribution is -2.45. The lowest BCUT2D eigenvalue weighted by Gasteiger charge is -2.15. The summed E-state index contributed by atoms with van der Waals surface area (Å²) in [5.41, 5.74) is 3.93. The first-order chi connectivity index (χ1) is 12.9. The number of nitro groups is 1. The van der Waals surface area contributed by atoms with Gasteiger partial charge in [-0.05, 0) is 41.6 Å². The van der Waals surface area contributed by atoms with E-state index in [-0.39, 0.29) is 22.3 Å². The van der Waals surface area contributed by atoms with E-state index in [0.29, 0.717) is 10.5 Å². The van der Waals surface area contributed by atoms with Crippen molar-refractivity contribution in [2.24, 2.45) is 0 Å². The van der Waals surface area contributed by atoms with E-state index in [4.69, 9.17) is 12.2 Å². The summed E-state index contributed by atoms with van der Waals surface area (Å²) in [6, 6.07) is 14.9. The molecular formula is C18H13N3O4S2. The zero-order valence-corrected chi connectivity index (χ0v) is 15.5. The molecule has 136 valence electrons. The van der Waals surface area contributed by atoms with Gasteiger partial charge in [-0.3, -0.25) is 25.1 Å². The first-order valence-corrected chi connectivity index (χ1v) is 9.02. The van der Waals surface area contributed by atoms with Gasteiger partial charge in [-0.15, -0.1) is 0 Å². The van der Waals surface area contributed by atoms with E-state index in [1.165, 1.54) is 12.1 Å². The summed E-state index contributed by atoms with van der Waals surface area (Å²) in [4.78, 5) is 35.2. The molecule has 0 unspecified atom stereocenters. The van der Waals surface area contributed by atoms with Crippen LogP contribution in [-0.4, -0.2) is 26.1 Å². The number of non-ortho nitro benzene ring substituents is 1. The number of nitrogens with zero attached hydrogens (tertiary/aromatic N) is 2. The Morgan fingerprint density at radius 3 is 2.48 bits per heavy atom. The Kier molecular flexibility index (Phi) is 5.63. The molecule has 0 bridgehead atoms. The normalized spacial score (nSPS) is 15.3. The van der Waals surface area contributed by atoms with Crippen molar-refractivity contribution in [2.75, 3.05) is 0 Å². The van der Waals surface area contributed by atoms with Crippen LogP contribution in [0, 0.1) is 10.1 Å². The van der Waals surface area contributed by atoms with Gasteiger partial charge < -0.3 is 0 Å². The standard InChI is InChI=1S/C18H13N3O4S2/c22-16(11-12-4-2-1-3-5-12)19-20-17(23)15(27-18(20)26)10-13-6-8-14(9-7-13)21(24)25/h1-10H,11H2,(H,19,22). The molecular weight excluding hydrogens is 386 g/mol. The number of thiocarbonyl (C=S) groups is 1. The fraction of sp³-hybridized carbons (Fsp3) is 0.0556. The molecule has 2 amide bonds. The summed E-state index contributed by atoms with van der Waals surface area (Å²) in [5, 5.41) is 11.7. The molecule has 9 heteroatoms. The SMILES string of the molecule is O=C(Cc1ccccc1)NN1C(=O)C(=Cc2ccc([N+](=O)[O-])cc2)SC1=S. The van der Waals surface area contributed by atoms with Crippen LogP contribution in [0.4, 0.5) is 5.69 Å². The molecule has 3 rings (SSSR count). The third kappa shape index (κ3) is 4.57. The number of thioether (sulfide) groups is 1. The number of rotatable bonds is 5. The van der Waals surface area contributed by atoms with Crippen LogP contribution in [0.15, 0.2) is 59.5 Å². The highest BCUT2D eigenvalue weighted by Gasteiger charge is 2.33. The van der Waals surface area contributed by atoms with Gasteiger partial charge in [-0.25, -0.2) is 0 Å². The Labute approximate surface area is 164 Å². The number of hydrogen-bond acceptors (Lipinski definition) is 6. The molecule has 0 aliphatic carbocycles. The lowest BCUT2D eigenvalue weighted by molar-refractivity contribution is -0.384. The largest absolute Gasteiger partial charge is 0.285 e. The van der Waals surface area contributed by atoms with E-state index >= 15 is 0 Å². The van der Waals surface area contributed by atoms with Gasteiger partial charge in [0.2, 0.25) is 5.91 Å². The molecule has 27 heavy (non-hydrogen) atoms. The number of amides is 2. The van der Waals surface area contributed by atoms with Gasteiger partial charge in [-0.1, -0.05) is 42.1 Å². The average Bonchev–Trinajstić information content (AvgIpc) is 2.90. The highest BCUT2D eigenvalue weighted by atomic mass is 32.2. The van der Waals surface area contributed by atoms with Crippen LogP contribution >= 0.6 is 24.0 Å². The Hall–Kier alpha value is -3.04. The summed E-state index contributed by atoms with van der Waals surface area (Å²) in [7, 11) is 0. The first kappa shape index (κ1) is 18.7. The minimum atomic E-state index is -0.495. The third-order valence-corrected chi connectivity index (χ3v) is 4.94. The zero-order chi connectivity index (χ0) is 19.4. The molecule has 0 radical (unpaired) electrons. The minimum Gasteiger partial charge on any atom is -0.273 e. The van der Waals surface area contributed by atoms with Crippen LogP contribution in [0.3, 0.4) is 0 Å². The Morgan fingerprint density at radius 2 is 1.85 bits per heavy atom. The number of hydrazine groups is 1. The van der Waals surface area contributed by atoms with Crippen molar-refractivity contribution in [3.05, 3.63) is 80.7 Å². The van der Waals surface area contributed by atoms with E-state index < -0.39 is 10.8 Å². The van der Waals surface area contributed by atoms with Crippen molar-refractivity contribution in [3.63, 3.8) is 0 Å². The van der Waals surface area contributed by atoms with Crippen LogP contribution in [0.25, 0.3) is 6.08 Å². The second kappa shape index (κ2) is 8.11. The van der Waals surface area contributed by atoms with Crippen molar-refractivity contribution in [2.45, 2.75) is 6.42 Å². The van der Waals surface area contributed by atoms with E-state index in [1.807, 2.05) is 30.3 Å². The van der Waals surface area contributed by atoms with Crippen LogP contribution in [0.2, 0.25) is 0 Å². The number of benzene rings is 2. The number of carbonyl (C=O) groups excluding carboxylic acids is 2. The second-order valence-electron chi connectivity index (χ2n) is 5.56. The average molecular weight is 399 g/mol. The molecule has 1 aliphatic rings. The summed E-state index contributed by atoms with van der Waals surface area (Å²) < 4.78 is 0.217. The smallest absolute Gasteiger partial charge is 0.273 e. The van der Waals surface area contributed by atoms with E-state index in [1.54, 1.807) is 18.2 Å². The molecule has 0 saturated carbocycles. The fourth-order valence-corrected chi connectivity index (χ4v) is 3.53. The van der Waals surface area contributed by atoms with Crippen molar-refractivity contribution < 1.29 is 14.5 Å². The van der Waals surface area contributed by atoms with Crippen LogP contribution in [0.5, 0.6) is 0 Å². The monoisotopic (exact) mass is 399 g/mol. The van der Waals surface area contributed by atoms with Gasteiger partial charge in [0, 0.05) is 12.1 Å². The maximum absolute atomic E-state index is 12.5. The Bertz CT molecular complexity index is 943. The van der Waals surface area contributed by atoms with Gasteiger partial charge >= 0.3 is 0 Å². The van der Waals surface area contributed by atoms with Crippen LogP contribution in [-0.2, 0) is 16.0 Å². The maximum atomic E-state index is 12.5. The molecule has 0 spiro atoms. The molecule has 1 N–H and O–H groups in total. The molecule has 1 saturated heterocycles. The van der Waals surface area contributed by atoms with E-state index in [0.717, 1.165) is 22.3 Å². The number of carbonyl (C=O) groups is 2. The summed E-state index contributed by atoms with van der Waals surface area (Å²) in [6.45, 7) is 0. The lowest BCUT2D eigenvalue weighted by atomic mass is 10.1. The molecule has 7 nitrogen and oxygen atoms in total. The number of nitrogens with one attached hydrogen (secondary N) is 1. The fourth-order valence-electron chi connectivity index (χ4n) is 2.35. The first-order valence-electron chi connectivity index (χ1n) is 7.80. The molecule has 0 aromatic heterocycles. The Morgan fingerprint density at radius 1 is 1.19 bits per heavy atom. The van der Waals surface area contributed by atoms with Gasteiger partial charge in [0.05, 0.1) is 16.2 Å². The molecule has 1 heterocycles. The van der Waals surface area contributed by atoms with E-state index in [9.17, 15) is 19.7 Å². The summed E-state index contributed by atoms with van der Waals surface area (Å²) >= 11 is 6.23. The second-order valence-corrected chi connectivity index (χ2v) is 7.24. The zero-order valence-electron chi connectivity index (χ0n) is 13.8. The predicted octanol–water partition coefficient (Wildman–Crippen LogP) is 3.07. The number of nitro benzene ring substituents is 1. The molecule has 1 fully saturated rings. The maximum Gasteiger partial charge on any atom is 0.285 e. The minimum absolute atomic E-state index is 0.0344. The van der Waals surface area contributed by atoms with Gasteiger partial charge in [0.15, 0.2) is 4.32 Å². The topological polar surface area (TPSA) is 92.6 Å². The van der Waals surface area contributed by atoms with Gasteiger partial charge in [-0.2, -0.15) is 5.01 Å². The third-order valence-electron chi connectivity index (χ3n) is 3.64. The predicted molar refractivity (Wildman–Crippen MR) is 106 cm³/mol.